The van der Waals surface area contributed by atoms with Gasteiger partial charge in [0.15, 0.2) is 11.6 Å². The molecule has 0 heterocycles. The highest BCUT2D eigenvalue weighted by Crippen LogP contribution is 2.34. The molecule has 0 fully saturated rings. The van der Waals surface area contributed by atoms with Crippen LogP contribution in [-0.4, -0.2) is 26.5 Å². The van der Waals surface area contributed by atoms with Crippen LogP contribution in [-0.2, 0) is 22.9 Å². The minimum absolute atomic E-state index is 0.165. The number of aromatic carboxylic acids is 1. The van der Waals surface area contributed by atoms with Crippen LogP contribution in [0.5, 0.6) is 0 Å². The van der Waals surface area contributed by atoms with Gasteiger partial charge in [0, 0.05) is 7.05 Å². The maximum Gasteiger partial charge on any atom is 0.335 e. The number of benzene rings is 2. The molecule has 1 aliphatic carbocycles. The molecular weight excluding hydrogens is 352 g/mol. The largest absolute Gasteiger partial charge is 0.478 e. The first-order chi connectivity index (χ1) is 11.7. The van der Waals surface area contributed by atoms with Gasteiger partial charge in [-0.05, 0) is 54.7 Å². The van der Waals surface area contributed by atoms with Gasteiger partial charge in [0.2, 0.25) is 0 Å². The molecule has 0 amide bonds. The maximum absolute atomic E-state index is 14.0. The lowest BCUT2D eigenvalue weighted by atomic mass is 10.1. The van der Waals surface area contributed by atoms with Crippen molar-refractivity contribution < 1.29 is 27.1 Å². The minimum atomic E-state index is -4.33. The highest BCUT2D eigenvalue weighted by Gasteiger charge is 2.31. The highest BCUT2D eigenvalue weighted by atomic mass is 32.2. The molecule has 0 bridgehead atoms. The van der Waals surface area contributed by atoms with Crippen LogP contribution in [0.2, 0.25) is 0 Å². The Hall–Kier alpha value is -2.48. The second kappa shape index (κ2) is 6.11. The number of aryl methyl sites for hydroxylation is 1. The Morgan fingerprint density at radius 1 is 1.16 bits per heavy atom. The third-order valence-corrected chi connectivity index (χ3v) is 6.14. The van der Waals surface area contributed by atoms with Gasteiger partial charge in [-0.2, -0.15) is 0 Å². The van der Waals surface area contributed by atoms with E-state index in [1.165, 1.54) is 6.07 Å². The summed E-state index contributed by atoms with van der Waals surface area (Å²) >= 11 is 0. The number of para-hydroxylation sites is 1. The molecule has 0 saturated carbocycles. The fraction of sp³-hybridized carbons (Fsp3) is 0.235. The van der Waals surface area contributed by atoms with E-state index in [0.29, 0.717) is 34.7 Å². The molecule has 0 unspecified atom stereocenters. The van der Waals surface area contributed by atoms with Gasteiger partial charge in [-0.15, -0.1) is 0 Å². The van der Waals surface area contributed by atoms with Crippen LogP contribution in [0.15, 0.2) is 35.2 Å². The molecule has 2 aromatic rings. The van der Waals surface area contributed by atoms with E-state index in [1.807, 2.05) is 0 Å². The molecule has 8 heteroatoms. The van der Waals surface area contributed by atoms with Crippen molar-refractivity contribution in [2.45, 2.75) is 24.2 Å². The van der Waals surface area contributed by atoms with Gasteiger partial charge >= 0.3 is 5.97 Å². The number of fused-ring (bicyclic) bond motifs is 1. The van der Waals surface area contributed by atoms with Crippen LogP contribution in [0.1, 0.15) is 27.9 Å². The zero-order chi connectivity index (χ0) is 18.4. The molecule has 132 valence electrons. The normalized spacial score (nSPS) is 13.6. The lowest BCUT2D eigenvalue weighted by Crippen LogP contribution is -2.29. The summed E-state index contributed by atoms with van der Waals surface area (Å²) in [5.41, 5.74) is 0.283. The number of carboxylic acid groups (broad SMARTS) is 1. The van der Waals surface area contributed by atoms with Crippen molar-refractivity contribution in [1.82, 2.24) is 0 Å². The first kappa shape index (κ1) is 17.3. The third-order valence-electron chi connectivity index (χ3n) is 4.31. The molecule has 0 spiro atoms. The molecule has 0 aromatic heterocycles. The van der Waals surface area contributed by atoms with E-state index >= 15 is 0 Å². The SMILES string of the molecule is CN(c1c(F)cccc1F)S(=O)(=O)c1cc(C(=O)O)cc2c1CCC2. The van der Waals surface area contributed by atoms with E-state index in [4.69, 9.17) is 0 Å². The Morgan fingerprint density at radius 2 is 1.80 bits per heavy atom. The van der Waals surface area contributed by atoms with Gasteiger partial charge < -0.3 is 5.11 Å². The van der Waals surface area contributed by atoms with Gasteiger partial charge in [0.25, 0.3) is 10.0 Å². The van der Waals surface area contributed by atoms with Gasteiger partial charge in [-0.1, -0.05) is 6.07 Å². The summed E-state index contributed by atoms with van der Waals surface area (Å²) in [6.07, 6.45) is 1.73. The molecule has 25 heavy (non-hydrogen) atoms. The summed E-state index contributed by atoms with van der Waals surface area (Å²) in [5, 5.41) is 9.22. The molecule has 0 aliphatic heterocycles. The molecule has 0 saturated heterocycles. The topological polar surface area (TPSA) is 74.7 Å². The van der Waals surface area contributed by atoms with Crippen molar-refractivity contribution in [2.24, 2.45) is 0 Å². The molecule has 0 atom stereocenters. The lowest BCUT2D eigenvalue weighted by molar-refractivity contribution is 0.0696. The lowest BCUT2D eigenvalue weighted by Gasteiger charge is -2.22. The van der Waals surface area contributed by atoms with Gasteiger partial charge in [0.05, 0.1) is 10.5 Å². The van der Waals surface area contributed by atoms with E-state index < -0.39 is 33.3 Å². The average Bonchev–Trinajstić information content (AvgIpc) is 3.01. The number of anilines is 1. The smallest absolute Gasteiger partial charge is 0.335 e. The Bertz CT molecular complexity index is 953. The predicted molar refractivity (Wildman–Crippen MR) is 87.4 cm³/mol. The van der Waals surface area contributed by atoms with E-state index in [1.54, 1.807) is 0 Å². The van der Waals surface area contributed by atoms with Crippen molar-refractivity contribution >= 4 is 21.7 Å². The number of halogens is 2. The average molecular weight is 367 g/mol. The quantitative estimate of drug-likeness (QED) is 0.902. The summed E-state index contributed by atoms with van der Waals surface area (Å²) in [7, 11) is -3.28. The van der Waals surface area contributed by atoms with Gasteiger partial charge in [0.1, 0.15) is 5.69 Å². The number of nitrogens with zero attached hydrogens (tertiary/aromatic N) is 1. The number of hydrogen-bond acceptors (Lipinski definition) is 3. The number of hydrogen-bond donors (Lipinski definition) is 1. The van der Waals surface area contributed by atoms with Crippen molar-refractivity contribution in [3.63, 3.8) is 0 Å². The molecule has 2 aromatic carbocycles. The second-order valence-electron chi connectivity index (χ2n) is 5.81. The predicted octanol–water partition coefficient (Wildman–Crippen LogP) is 2.98. The summed E-state index contributed by atoms with van der Waals surface area (Å²) in [6, 6.07) is 5.56. The van der Waals surface area contributed by atoms with Crippen LogP contribution in [0.25, 0.3) is 0 Å². The van der Waals surface area contributed by atoms with E-state index in [2.05, 4.69) is 0 Å². The highest BCUT2D eigenvalue weighted by molar-refractivity contribution is 7.92. The Kier molecular flexibility index (Phi) is 4.24. The Morgan fingerprint density at radius 3 is 2.40 bits per heavy atom. The van der Waals surface area contributed by atoms with Crippen LogP contribution in [0.3, 0.4) is 0 Å². The van der Waals surface area contributed by atoms with Crippen molar-refractivity contribution in [2.75, 3.05) is 11.4 Å². The Balaban J connectivity index is 2.20. The number of carbonyl (C=O) groups is 1. The number of sulfonamides is 1. The van der Waals surface area contributed by atoms with E-state index in [9.17, 15) is 27.1 Å². The minimum Gasteiger partial charge on any atom is -0.478 e. The van der Waals surface area contributed by atoms with Crippen LogP contribution in [0, 0.1) is 11.6 Å². The van der Waals surface area contributed by atoms with Gasteiger partial charge in [-0.25, -0.2) is 22.0 Å². The van der Waals surface area contributed by atoms with E-state index in [-0.39, 0.29) is 10.5 Å². The zero-order valence-corrected chi connectivity index (χ0v) is 14.1. The van der Waals surface area contributed by atoms with Gasteiger partial charge in [-0.3, -0.25) is 4.31 Å². The first-order valence-corrected chi connectivity index (χ1v) is 8.99. The first-order valence-electron chi connectivity index (χ1n) is 7.55. The van der Waals surface area contributed by atoms with E-state index in [0.717, 1.165) is 31.3 Å². The van der Waals surface area contributed by atoms with Crippen LogP contribution < -0.4 is 4.31 Å². The fourth-order valence-electron chi connectivity index (χ4n) is 3.08. The summed E-state index contributed by atoms with van der Waals surface area (Å²) < 4.78 is 54.4. The van der Waals surface area contributed by atoms with Crippen molar-refractivity contribution in [3.05, 3.63) is 58.7 Å². The summed E-state index contributed by atoms with van der Waals surface area (Å²) in [6.45, 7) is 0. The van der Waals surface area contributed by atoms with Crippen molar-refractivity contribution in [1.29, 1.82) is 0 Å². The summed E-state index contributed by atoms with van der Waals surface area (Å²) in [5.74, 6) is -3.29. The number of rotatable bonds is 4. The monoisotopic (exact) mass is 367 g/mol. The molecular formula is C17H15F2NO4S. The Labute approximate surface area is 143 Å². The standard InChI is InChI=1S/C17H15F2NO4S/c1-20(16-13(18)6-3-7-14(16)19)25(23,24)15-9-11(17(21)22)8-10-4-2-5-12(10)15/h3,6-9H,2,4-5H2,1H3,(H,21,22). The summed E-state index contributed by atoms with van der Waals surface area (Å²) in [4.78, 5) is 11.1. The van der Waals surface area contributed by atoms with Crippen molar-refractivity contribution in [3.8, 4) is 0 Å². The maximum atomic E-state index is 14.0. The molecule has 0 radical (unpaired) electrons. The van der Waals surface area contributed by atoms with Crippen LogP contribution in [0.4, 0.5) is 14.5 Å². The fourth-order valence-corrected chi connectivity index (χ4v) is 4.61. The number of carboxylic acids is 1. The molecule has 5 nitrogen and oxygen atoms in total. The molecule has 3 rings (SSSR count). The molecule has 1 aliphatic rings. The third kappa shape index (κ3) is 2.86. The molecule has 1 N–H and O–H groups in total. The van der Waals surface area contributed by atoms with Crippen LogP contribution >= 0.6 is 0 Å². The zero-order valence-electron chi connectivity index (χ0n) is 13.3. The second-order valence-corrected chi connectivity index (χ2v) is 7.75.